The SMILES string of the molecule is CS(=O)(=O)C1CCCC(OC(=O)c2cc(N)cc(N)c2)C1. The van der Waals surface area contributed by atoms with Crippen LogP contribution in [0, 0.1) is 0 Å². The van der Waals surface area contributed by atoms with E-state index in [1.54, 1.807) is 6.07 Å². The molecular weight excluding hydrogens is 292 g/mol. The first-order valence-corrected chi connectivity index (χ1v) is 8.77. The summed E-state index contributed by atoms with van der Waals surface area (Å²) in [5.74, 6) is -0.520. The van der Waals surface area contributed by atoms with E-state index in [0.717, 1.165) is 6.42 Å². The second-order valence-electron chi connectivity index (χ2n) is 5.53. The number of carbonyl (C=O) groups excluding carboxylic acids is 1. The third kappa shape index (κ3) is 4.10. The van der Waals surface area contributed by atoms with Gasteiger partial charge in [0.05, 0.1) is 10.8 Å². The van der Waals surface area contributed by atoms with Crippen molar-refractivity contribution in [2.24, 2.45) is 0 Å². The lowest BCUT2D eigenvalue weighted by Gasteiger charge is -2.27. The van der Waals surface area contributed by atoms with E-state index < -0.39 is 21.1 Å². The molecule has 1 fully saturated rings. The Morgan fingerprint density at radius 2 is 1.81 bits per heavy atom. The molecule has 0 radical (unpaired) electrons. The third-order valence-electron chi connectivity index (χ3n) is 3.67. The Labute approximate surface area is 124 Å². The van der Waals surface area contributed by atoms with Gasteiger partial charge in [0.1, 0.15) is 15.9 Å². The number of esters is 1. The predicted octanol–water partition coefficient (Wildman–Crippen LogP) is 1.36. The standard InChI is InChI=1S/C14H20N2O4S/c1-21(18,19)13-4-2-3-12(8-13)20-14(17)9-5-10(15)7-11(16)6-9/h5-7,12-13H,2-4,8,15-16H2,1H3. The van der Waals surface area contributed by atoms with Crippen LogP contribution in [0.1, 0.15) is 36.0 Å². The lowest BCUT2D eigenvalue weighted by atomic mass is 9.97. The van der Waals surface area contributed by atoms with E-state index >= 15 is 0 Å². The summed E-state index contributed by atoms with van der Waals surface area (Å²) >= 11 is 0. The highest BCUT2D eigenvalue weighted by Crippen LogP contribution is 2.27. The van der Waals surface area contributed by atoms with Gasteiger partial charge in [-0.2, -0.15) is 0 Å². The molecule has 116 valence electrons. The Bertz CT molecular complexity index is 622. The van der Waals surface area contributed by atoms with Gasteiger partial charge in [0.25, 0.3) is 0 Å². The van der Waals surface area contributed by atoms with Gasteiger partial charge in [-0.05, 0) is 37.5 Å². The topological polar surface area (TPSA) is 112 Å². The van der Waals surface area contributed by atoms with E-state index in [1.165, 1.54) is 18.4 Å². The number of hydrogen-bond acceptors (Lipinski definition) is 6. The maximum absolute atomic E-state index is 12.1. The van der Waals surface area contributed by atoms with Gasteiger partial charge >= 0.3 is 5.97 Å². The third-order valence-corrected chi connectivity index (χ3v) is 5.31. The molecule has 0 aliphatic heterocycles. The minimum atomic E-state index is -3.10. The Morgan fingerprint density at radius 1 is 1.19 bits per heavy atom. The van der Waals surface area contributed by atoms with Crippen molar-refractivity contribution in [3.63, 3.8) is 0 Å². The summed E-state index contributed by atoms with van der Waals surface area (Å²) in [6.45, 7) is 0. The number of nitrogen functional groups attached to an aromatic ring is 2. The maximum atomic E-state index is 12.1. The number of anilines is 2. The Morgan fingerprint density at radius 3 is 2.38 bits per heavy atom. The van der Waals surface area contributed by atoms with Crippen molar-refractivity contribution >= 4 is 27.2 Å². The van der Waals surface area contributed by atoms with Gasteiger partial charge in [0.2, 0.25) is 0 Å². The molecule has 0 heterocycles. The molecule has 2 atom stereocenters. The Hall–Kier alpha value is -1.76. The molecule has 0 spiro atoms. The minimum absolute atomic E-state index is 0.286. The van der Waals surface area contributed by atoms with Gasteiger partial charge in [0, 0.05) is 24.1 Å². The molecular formula is C14H20N2O4S. The van der Waals surface area contributed by atoms with Crippen LogP contribution in [0.25, 0.3) is 0 Å². The van der Waals surface area contributed by atoms with Gasteiger partial charge in [0.15, 0.2) is 0 Å². The molecule has 21 heavy (non-hydrogen) atoms. The summed E-state index contributed by atoms with van der Waals surface area (Å²) in [5.41, 5.74) is 12.3. The minimum Gasteiger partial charge on any atom is -0.459 e. The van der Waals surface area contributed by atoms with Crippen LogP contribution in [0.3, 0.4) is 0 Å². The zero-order valence-electron chi connectivity index (χ0n) is 11.9. The van der Waals surface area contributed by atoms with E-state index in [-0.39, 0.29) is 11.7 Å². The molecule has 1 saturated carbocycles. The molecule has 0 bridgehead atoms. The summed E-state index contributed by atoms with van der Waals surface area (Å²) < 4.78 is 28.6. The fraction of sp³-hybridized carbons (Fsp3) is 0.500. The second-order valence-corrected chi connectivity index (χ2v) is 7.86. The molecule has 2 unspecified atom stereocenters. The monoisotopic (exact) mass is 312 g/mol. The van der Waals surface area contributed by atoms with Crippen molar-refractivity contribution in [3.8, 4) is 0 Å². The summed E-state index contributed by atoms with van der Waals surface area (Å²) in [7, 11) is -3.10. The summed E-state index contributed by atoms with van der Waals surface area (Å²) in [5, 5.41) is -0.435. The maximum Gasteiger partial charge on any atom is 0.338 e. The highest BCUT2D eigenvalue weighted by Gasteiger charge is 2.31. The molecule has 7 heteroatoms. The zero-order valence-corrected chi connectivity index (χ0v) is 12.7. The molecule has 1 aliphatic rings. The molecule has 1 aliphatic carbocycles. The lowest BCUT2D eigenvalue weighted by molar-refractivity contribution is 0.0215. The second kappa shape index (κ2) is 5.93. The summed E-state index contributed by atoms with van der Waals surface area (Å²) in [6, 6.07) is 4.54. The molecule has 4 N–H and O–H groups in total. The van der Waals surface area contributed by atoms with Crippen LogP contribution in [0.2, 0.25) is 0 Å². The number of nitrogens with two attached hydrogens (primary N) is 2. The molecule has 6 nitrogen and oxygen atoms in total. The summed E-state index contributed by atoms with van der Waals surface area (Å²) in [6.07, 6.45) is 3.22. The first kappa shape index (κ1) is 15.6. The van der Waals surface area contributed by atoms with Crippen molar-refractivity contribution in [1.29, 1.82) is 0 Å². The lowest BCUT2D eigenvalue weighted by Crippen LogP contribution is -2.32. The highest BCUT2D eigenvalue weighted by molar-refractivity contribution is 7.91. The zero-order chi connectivity index (χ0) is 15.6. The van der Waals surface area contributed by atoms with E-state index in [4.69, 9.17) is 16.2 Å². The van der Waals surface area contributed by atoms with Crippen LogP contribution < -0.4 is 11.5 Å². The van der Waals surface area contributed by atoms with Gasteiger partial charge in [-0.1, -0.05) is 0 Å². The molecule has 0 aromatic heterocycles. The van der Waals surface area contributed by atoms with Crippen LogP contribution >= 0.6 is 0 Å². The smallest absolute Gasteiger partial charge is 0.338 e. The van der Waals surface area contributed by atoms with E-state index in [0.29, 0.717) is 30.6 Å². The molecule has 1 aromatic rings. The highest BCUT2D eigenvalue weighted by atomic mass is 32.2. The van der Waals surface area contributed by atoms with Gasteiger partial charge < -0.3 is 16.2 Å². The van der Waals surface area contributed by atoms with Crippen molar-refractivity contribution in [3.05, 3.63) is 23.8 Å². The first-order valence-electron chi connectivity index (χ1n) is 6.81. The fourth-order valence-electron chi connectivity index (χ4n) is 2.61. The predicted molar refractivity (Wildman–Crippen MR) is 81.6 cm³/mol. The van der Waals surface area contributed by atoms with Crippen LogP contribution in [0.4, 0.5) is 11.4 Å². The normalized spacial score (nSPS) is 22.7. The first-order chi connectivity index (χ1) is 9.75. The average molecular weight is 312 g/mol. The Kier molecular flexibility index (Phi) is 4.41. The molecule has 0 amide bonds. The number of carbonyl (C=O) groups is 1. The van der Waals surface area contributed by atoms with Gasteiger partial charge in [-0.3, -0.25) is 0 Å². The number of ether oxygens (including phenoxy) is 1. The Balaban J connectivity index is 2.05. The van der Waals surface area contributed by atoms with E-state index in [1.807, 2.05) is 0 Å². The average Bonchev–Trinajstić information content (AvgIpc) is 2.37. The van der Waals surface area contributed by atoms with Crippen LogP contribution in [0.5, 0.6) is 0 Å². The van der Waals surface area contributed by atoms with Gasteiger partial charge in [-0.25, -0.2) is 13.2 Å². The van der Waals surface area contributed by atoms with E-state index in [9.17, 15) is 13.2 Å². The number of hydrogen-bond donors (Lipinski definition) is 2. The molecule has 1 aromatic carbocycles. The van der Waals surface area contributed by atoms with Gasteiger partial charge in [-0.15, -0.1) is 0 Å². The summed E-state index contributed by atoms with van der Waals surface area (Å²) in [4.78, 5) is 12.1. The van der Waals surface area contributed by atoms with Crippen LogP contribution in [0.15, 0.2) is 18.2 Å². The number of sulfone groups is 1. The van der Waals surface area contributed by atoms with Crippen molar-refractivity contribution in [1.82, 2.24) is 0 Å². The molecule has 0 saturated heterocycles. The van der Waals surface area contributed by atoms with Crippen molar-refractivity contribution < 1.29 is 17.9 Å². The van der Waals surface area contributed by atoms with Crippen LogP contribution in [-0.2, 0) is 14.6 Å². The fourth-order valence-corrected chi connectivity index (χ4v) is 3.77. The number of rotatable bonds is 3. The van der Waals surface area contributed by atoms with E-state index in [2.05, 4.69) is 0 Å². The van der Waals surface area contributed by atoms with Crippen molar-refractivity contribution in [2.45, 2.75) is 37.0 Å². The van der Waals surface area contributed by atoms with Crippen molar-refractivity contribution in [2.75, 3.05) is 17.7 Å². The molecule has 2 rings (SSSR count). The quantitative estimate of drug-likeness (QED) is 0.643. The largest absolute Gasteiger partial charge is 0.459 e. The van der Waals surface area contributed by atoms with Crippen LogP contribution in [-0.4, -0.2) is 32.0 Å². The number of benzene rings is 1.